The summed E-state index contributed by atoms with van der Waals surface area (Å²) >= 11 is 11.8. The monoisotopic (exact) mass is 565 g/mol. The molecule has 194 valence electrons. The van der Waals surface area contributed by atoms with E-state index in [2.05, 4.69) is 5.32 Å². The SMILES string of the molecule is CCCS(=O)(=O)N1CCN(C2(CNC(=O)c3c(F)cc(Cl)cc3Cl)CCC(F)(F)CC2)CC1.Cl. The largest absolute Gasteiger partial charge is 0.350 e. The lowest BCUT2D eigenvalue weighted by Crippen LogP contribution is -2.63. The number of alkyl halides is 2. The van der Waals surface area contributed by atoms with Crippen molar-refractivity contribution >= 4 is 51.5 Å². The molecular weight excluding hydrogens is 538 g/mol. The minimum atomic E-state index is -3.35. The summed E-state index contributed by atoms with van der Waals surface area (Å²) in [5, 5.41) is 2.58. The zero-order chi connectivity index (χ0) is 24.4. The lowest BCUT2D eigenvalue weighted by atomic mass is 9.78. The van der Waals surface area contributed by atoms with Gasteiger partial charge in [-0.1, -0.05) is 30.1 Å². The number of hydrogen-bond donors (Lipinski definition) is 1. The van der Waals surface area contributed by atoms with E-state index in [9.17, 15) is 26.4 Å². The number of halogens is 6. The number of piperazine rings is 1. The molecule has 0 aromatic heterocycles. The van der Waals surface area contributed by atoms with Crippen LogP contribution in [0.4, 0.5) is 13.2 Å². The summed E-state index contributed by atoms with van der Waals surface area (Å²) < 4.78 is 68.4. The van der Waals surface area contributed by atoms with Gasteiger partial charge in [-0.15, -0.1) is 12.4 Å². The van der Waals surface area contributed by atoms with Crippen LogP contribution in [0.25, 0.3) is 0 Å². The molecule has 1 saturated carbocycles. The van der Waals surface area contributed by atoms with Crippen molar-refractivity contribution in [3.63, 3.8) is 0 Å². The van der Waals surface area contributed by atoms with E-state index >= 15 is 0 Å². The molecule has 1 aromatic rings. The van der Waals surface area contributed by atoms with Crippen molar-refractivity contribution in [2.75, 3.05) is 38.5 Å². The molecule has 1 aliphatic heterocycles. The molecule has 34 heavy (non-hydrogen) atoms. The Kier molecular flexibility index (Phi) is 9.98. The van der Waals surface area contributed by atoms with Crippen molar-refractivity contribution in [3.8, 4) is 0 Å². The maximum Gasteiger partial charge on any atom is 0.255 e. The molecule has 1 saturated heterocycles. The second kappa shape index (κ2) is 11.5. The van der Waals surface area contributed by atoms with E-state index in [1.165, 1.54) is 10.4 Å². The second-order valence-electron chi connectivity index (χ2n) is 8.71. The second-order valence-corrected chi connectivity index (χ2v) is 11.6. The molecule has 1 heterocycles. The van der Waals surface area contributed by atoms with Gasteiger partial charge in [-0.2, -0.15) is 4.31 Å². The number of nitrogens with zero attached hydrogens (tertiary/aromatic N) is 2. The minimum Gasteiger partial charge on any atom is -0.350 e. The number of amides is 1. The summed E-state index contributed by atoms with van der Waals surface area (Å²) in [6.45, 7) is 3.05. The molecule has 1 N–H and O–H groups in total. The summed E-state index contributed by atoms with van der Waals surface area (Å²) in [7, 11) is -3.35. The number of nitrogens with one attached hydrogen (secondary N) is 1. The Morgan fingerprint density at radius 1 is 1.09 bits per heavy atom. The summed E-state index contributed by atoms with van der Waals surface area (Å²) in [6.07, 6.45) is 0.0790. The van der Waals surface area contributed by atoms with Gasteiger partial charge in [0, 0.05) is 56.1 Å². The van der Waals surface area contributed by atoms with Crippen LogP contribution in [0.2, 0.25) is 10.0 Å². The first kappa shape index (κ1) is 29.5. The van der Waals surface area contributed by atoms with Crippen LogP contribution >= 0.6 is 35.6 Å². The molecule has 2 aliphatic rings. The Morgan fingerprint density at radius 3 is 2.21 bits per heavy atom. The van der Waals surface area contributed by atoms with Gasteiger partial charge >= 0.3 is 0 Å². The van der Waals surface area contributed by atoms with Gasteiger partial charge in [0.1, 0.15) is 5.82 Å². The molecule has 1 aliphatic carbocycles. The van der Waals surface area contributed by atoms with Crippen molar-refractivity contribution < 1.29 is 26.4 Å². The topological polar surface area (TPSA) is 69.7 Å². The highest BCUT2D eigenvalue weighted by atomic mass is 35.5. The predicted octanol–water partition coefficient (Wildman–Crippen LogP) is 4.59. The Labute approximate surface area is 214 Å². The summed E-state index contributed by atoms with van der Waals surface area (Å²) in [5.41, 5.74) is -1.14. The van der Waals surface area contributed by atoms with Crippen molar-refractivity contribution in [3.05, 3.63) is 33.6 Å². The third-order valence-corrected chi connectivity index (χ3v) is 9.08. The van der Waals surface area contributed by atoms with E-state index in [1.807, 2.05) is 4.90 Å². The quantitative estimate of drug-likeness (QED) is 0.524. The van der Waals surface area contributed by atoms with Crippen molar-refractivity contribution in [2.24, 2.45) is 0 Å². The summed E-state index contributed by atoms with van der Waals surface area (Å²) in [5.74, 6) is -4.35. The van der Waals surface area contributed by atoms with Gasteiger partial charge in [0.05, 0.1) is 16.3 Å². The average Bonchev–Trinajstić information content (AvgIpc) is 2.73. The number of hydrogen-bond acceptors (Lipinski definition) is 4. The van der Waals surface area contributed by atoms with E-state index in [1.54, 1.807) is 6.92 Å². The third kappa shape index (κ3) is 6.70. The Balaban J connectivity index is 0.00000408. The highest BCUT2D eigenvalue weighted by Crippen LogP contribution is 2.42. The van der Waals surface area contributed by atoms with Gasteiger partial charge in [-0.25, -0.2) is 21.6 Å². The van der Waals surface area contributed by atoms with Gasteiger partial charge in [-0.3, -0.25) is 9.69 Å². The fourth-order valence-corrected chi connectivity index (χ4v) is 6.65. The van der Waals surface area contributed by atoms with Gasteiger partial charge in [0.25, 0.3) is 5.91 Å². The Hall–Kier alpha value is -0.780. The number of carbonyl (C=O) groups excluding carboxylic acids is 1. The molecule has 6 nitrogen and oxygen atoms in total. The lowest BCUT2D eigenvalue weighted by Gasteiger charge is -2.50. The highest BCUT2D eigenvalue weighted by molar-refractivity contribution is 7.89. The van der Waals surface area contributed by atoms with Crippen LogP contribution in [-0.4, -0.2) is 73.5 Å². The molecule has 0 radical (unpaired) electrons. The summed E-state index contributed by atoms with van der Waals surface area (Å²) in [6, 6.07) is 2.24. The number of rotatable bonds is 7. The zero-order valence-corrected chi connectivity index (χ0v) is 21.9. The van der Waals surface area contributed by atoms with Crippen molar-refractivity contribution in [1.29, 1.82) is 0 Å². The molecule has 1 aromatic carbocycles. The van der Waals surface area contributed by atoms with Crippen LogP contribution in [-0.2, 0) is 10.0 Å². The number of sulfonamides is 1. The summed E-state index contributed by atoms with van der Waals surface area (Å²) in [4.78, 5) is 14.7. The molecule has 0 spiro atoms. The van der Waals surface area contributed by atoms with E-state index in [-0.39, 0.29) is 79.1 Å². The first-order valence-corrected chi connectivity index (χ1v) is 13.3. The van der Waals surface area contributed by atoms with Crippen LogP contribution < -0.4 is 5.32 Å². The molecule has 0 bridgehead atoms. The maximum atomic E-state index is 14.3. The standard InChI is InChI=1S/C21H28Cl2F3N3O3S.ClH/c1-2-11-33(31,32)29-9-7-28(8-10-29)20(3-5-21(25,26)6-4-20)14-27-19(30)18-16(23)12-15(22)13-17(18)24;/h12-13H,2-11,14H2,1H3,(H,27,30);1H. The first-order chi connectivity index (χ1) is 15.4. The lowest BCUT2D eigenvalue weighted by molar-refractivity contribution is -0.0856. The fourth-order valence-electron chi connectivity index (χ4n) is 4.61. The smallest absolute Gasteiger partial charge is 0.255 e. The molecule has 3 rings (SSSR count). The van der Waals surface area contributed by atoms with E-state index in [0.29, 0.717) is 19.5 Å². The average molecular weight is 567 g/mol. The maximum absolute atomic E-state index is 14.3. The number of carbonyl (C=O) groups is 1. The molecule has 13 heteroatoms. The van der Waals surface area contributed by atoms with Gasteiger partial charge < -0.3 is 5.32 Å². The molecular formula is C21H29Cl3F3N3O3S. The predicted molar refractivity (Wildman–Crippen MR) is 129 cm³/mol. The van der Waals surface area contributed by atoms with Crippen LogP contribution in [0.15, 0.2) is 12.1 Å². The van der Waals surface area contributed by atoms with Crippen molar-refractivity contribution in [2.45, 2.75) is 50.5 Å². The van der Waals surface area contributed by atoms with Crippen molar-refractivity contribution in [1.82, 2.24) is 14.5 Å². The minimum absolute atomic E-state index is 0. The zero-order valence-electron chi connectivity index (χ0n) is 18.8. The van der Waals surface area contributed by atoms with Crippen LogP contribution in [0.1, 0.15) is 49.4 Å². The van der Waals surface area contributed by atoms with Crippen LogP contribution in [0.5, 0.6) is 0 Å². The molecule has 1 amide bonds. The Bertz CT molecular complexity index is 957. The first-order valence-electron chi connectivity index (χ1n) is 10.9. The van der Waals surface area contributed by atoms with Crippen LogP contribution in [0.3, 0.4) is 0 Å². The fraction of sp³-hybridized carbons (Fsp3) is 0.667. The van der Waals surface area contributed by atoms with Gasteiger partial charge in [-0.05, 0) is 31.4 Å². The van der Waals surface area contributed by atoms with E-state index in [4.69, 9.17) is 23.2 Å². The third-order valence-electron chi connectivity index (χ3n) is 6.49. The Morgan fingerprint density at radius 2 is 1.68 bits per heavy atom. The number of benzene rings is 1. The normalized spacial score (nSPS) is 21.0. The molecule has 0 unspecified atom stereocenters. The van der Waals surface area contributed by atoms with E-state index < -0.39 is 33.2 Å². The molecule has 0 atom stereocenters. The highest BCUT2D eigenvalue weighted by Gasteiger charge is 2.47. The van der Waals surface area contributed by atoms with E-state index in [0.717, 1.165) is 6.07 Å². The van der Waals surface area contributed by atoms with Gasteiger partial charge in [0.15, 0.2) is 0 Å². The van der Waals surface area contributed by atoms with Gasteiger partial charge in [0.2, 0.25) is 15.9 Å². The molecule has 2 fully saturated rings. The van der Waals surface area contributed by atoms with Crippen LogP contribution in [0, 0.1) is 5.82 Å².